The topological polar surface area (TPSA) is 33.6 Å². The van der Waals surface area contributed by atoms with E-state index in [2.05, 4.69) is 41.7 Å². The second-order valence-corrected chi connectivity index (χ2v) is 4.48. The van der Waals surface area contributed by atoms with E-state index in [9.17, 15) is 0 Å². The molecule has 1 aromatic carbocycles. The number of hydrogen-bond donors (Lipinski definition) is 1. The predicted molar refractivity (Wildman–Crippen MR) is 70.3 cm³/mol. The summed E-state index contributed by atoms with van der Waals surface area (Å²) in [4.78, 5) is 5.31. The first-order chi connectivity index (χ1) is 8.38. The minimum absolute atomic E-state index is 0.620. The van der Waals surface area contributed by atoms with Gasteiger partial charge in [-0.05, 0) is 30.5 Å². The Bertz CT molecular complexity index is 353. The number of nitrogens with zero attached hydrogens (tertiary/aromatic N) is 1. The van der Waals surface area contributed by atoms with Crippen LogP contribution in [0.2, 0.25) is 0 Å². The van der Waals surface area contributed by atoms with E-state index >= 15 is 0 Å². The van der Waals surface area contributed by atoms with Crippen LogP contribution in [0.25, 0.3) is 0 Å². The van der Waals surface area contributed by atoms with E-state index in [-0.39, 0.29) is 0 Å². The highest BCUT2D eigenvalue weighted by Crippen LogP contribution is 2.07. The molecular weight excluding hydrogens is 212 g/mol. The molecule has 17 heavy (non-hydrogen) atoms. The van der Waals surface area contributed by atoms with Crippen LogP contribution in [0.15, 0.2) is 29.4 Å². The van der Waals surface area contributed by atoms with Crippen LogP contribution in [-0.2, 0) is 11.3 Å². The van der Waals surface area contributed by atoms with Gasteiger partial charge in [-0.3, -0.25) is 0 Å². The van der Waals surface area contributed by atoms with Crippen LogP contribution in [0, 0.1) is 5.92 Å². The first kappa shape index (κ1) is 12.1. The van der Waals surface area contributed by atoms with E-state index < -0.39 is 0 Å². The molecule has 1 N–H and O–H groups in total. The monoisotopic (exact) mass is 232 g/mol. The second kappa shape index (κ2) is 6.40. The first-order valence-corrected chi connectivity index (χ1v) is 6.33. The van der Waals surface area contributed by atoms with Crippen LogP contribution in [0.3, 0.4) is 0 Å². The first-order valence-electron chi connectivity index (χ1n) is 6.33. The summed E-state index contributed by atoms with van der Waals surface area (Å²) in [6.07, 6.45) is 4.05. The molecule has 2 rings (SSSR count). The molecule has 1 fully saturated rings. The molecule has 0 spiro atoms. The van der Waals surface area contributed by atoms with Gasteiger partial charge >= 0.3 is 0 Å². The molecule has 0 aliphatic carbocycles. The second-order valence-electron chi connectivity index (χ2n) is 4.48. The van der Waals surface area contributed by atoms with Crippen molar-refractivity contribution in [3.63, 3.8) is 0 Å². The maximum Gasteiger partial charge on any atom is 0.121 e. The third-order valence-electron chi connectivity index (χ3n) is 3.14. The Balaban J connectivity index is 1.74. The summed E-state index contributed by atoms with van der Waals surface area (Å²) in [7, 11) is 0. The summed E-state index contributed by atoms with van der Waals surface area (Å²) in [6, 6.07) is 8.40. The summed E-state index contributed by atoms with van der Waals surface area (Å²) >= 11 is 0. The molecule has 92 valence electrons. The van der Waals surface area contributed by atoms with Crippen molar-refractivity contribution in [2.24, 2.45) is 11.1 Å². The van der Waals surface area contributed by atoms with Crippen LogP contribution in [0.1, 0.15) is 24.5 Å². The van der Waals surface area contributed by atoms with Crippen LogP contribution < -0.4 is 5.32 Å². The molecule has 1 aliphatic rings. The van der Waals surface area contributed by atoms with Gasteiger partial charge in [0.25, 0.3) is 0 Å². The zero-order valence-electron chi connectivity index (χ0n) is 10.4. The van der Waals surface area contributed by atoms with Gasteiger partial charge < -0.3 is 10.2 Å². The Labute approximate surface area is 103 Å². The SMILES string of the molecule is CCc1ccc(C=NOCC2CCNC2)cc1. The smallest absolute Gasteiger partial charge is 0.121 e. The molecule has 1 aromatic rings. The molecular formula is C14H20N2O. The predicted octanol–water partition coefficient (Wildman–Crippen LogP) is 2.21. The molecule has 1 heterocycles. The van der Waals surface area contributed by atoms with E-state index in [0.29, 0.717) is 5.92 Å². The zero-order chi connectivity index (χ0) is 11.9. The number of aryl methyl sites for hydroxylation is 1. The third kappa shape index (κ3) is 3.86. The largest absolute Gasteiger partial charge is 0.395 e. The van der Waals surface area contributed by atoms with Crippen molar-refractivity contribution in [3.8, 4) is 0 Å². The quantitative estimate of drug-likeness (QED) is 0.624. The van der Waals surface area contributed by atoms with Crippen LogP contribution in [0.5, 0.6) is 0 Å². The molecule has 0 amide bonds. The van der Waals surface area contributed by atoms with Gasteiger partial charge in [0.2, 0.25) is 0 Å². The van der Waals surface area contributed by atoms with Crippen molar-refractivity contribution in [1.82, 2.24) is 5.32 Å². The minimum atomic E-state index is 0.620. The van der Waals surface area contributed by atoms with Gasteiger partial charge in [0.05, 0.1) is 6.21 Å². The Morgan fingerprint density at radius 2 is 2.24 bits per heavy atom. The Morgan fingerprint density at radius 1 is 1.41 bits per heavy atom. The van der Waals surface area contributed by atoms with Gasteiger partial charge in [-0.25, -0.2) is 0 Å². The minimum Gasteiger partial charge on any atom is -0.395 e. The maximum absolute atomic E-state index is 5.31. The average Bonchev–Trinajstić information content (AvgIpc) is 2.88. The van der Waals surface area contributed by atoms with Crippen LogP contribution >= 0.6 is 0 Å². The fourth-order valence-corrected chi connectivity index (χ4v) is 1.94. The summed E-state index contributed by atoms with van der Waals surface area (Å²) in [6.45, 7) is 5.04. The molecule has 0 radical (unpaired) electrons. The highest BCUT2D eigenvalue weighted by atomic mass is 16.6. The van der Waals surface area contributed by atoms with Crippen molar-refractivity contribution in [2.75, 3.05) is 19.7 Å². The third-order valence-corrected chi connectivity index (χ3v) is 3.14. The summed E-state index contributed by atoms with van der Waals surface area (Å²) in [5, 5.41) is 7.32. The molecule has 0 bridgehead atoms. The fourth-order valence-electron chi connectivity index (χ4n) is 1.94. The van der Waals surface area contributed by atoms with Gasteiger partial charge in [-0.1, -0.05) is 36.3 Å². The molecule has 3 nitrogen and oxygen atoms in total. The highest BCUT2D eigenvalue weighted by Gasteiger charge is 2.14. The van der Waals surface area contributed by atoms with Crippen molar-refractivity contribution in [2.45, 2.75) is 19.8 Å². The number of oxime groups is 1. The number of benzene rings is 1. The van der Waals surface area contributed by atoms with E-state index in [1.165, 1.54) is 12.0 Å². The Kier molecular flexibility index (Phi) is 4.56. The van der Waals surface area contributed by atoms with Crippen molar-refractivity contribution in [1.29, 1.82) is 0 Å². The van der Waals surface area contributed by atoms with Gasteiger partial charge in [0.15, 0.2) is 0 Å². The zero-order valence-corrected chi connectivity index (χ0v) is 10.4. The summed E-state index contributed by atoms with van der Waals surface area (Å²) in [5.41, 5.74) is 2.44. The lowest BCUT2D eigenvalue weighted by atomic mass is 10.1. The fraction of sp³-hybridized carbons (Fsp3) is 0.500. The normalized spacial score (nSPS) is 19.9. The summed E-state index contributed by atoms with van der Waals surface area (Å²) in [5.74, 6) is 0.620. The van der Waals surface area contributed by atoms with Gasteiger partial charge in [-0.2, -0.15) is 0 Å². The lowest BCUT2D eigenvalue weighted by molar-refractivity contribution is 0.114. The van der Waals surface area contributed by atoms with E-state index in [1.807, 2.05) is 0 Å². The molecule has 1 saturated heterocycles. The molecule has 0 aromatic heterocycles. The molecule has 1 atom stereocenters. The standard InChI is InChI=1S/C14H20N2O/c1-2-12-3-5-13(6-4-12)10-16-17-11-14-7-8-15-9-14/h3-6,10,14-15H,2,7-9,11H2,1H3. The van der Waals surface area contributed by atoms with Crippen LogP contribution in [0.4, 0.5) is 0 Å². The molecule has 1 unspecified atom stereocenters. The van der Waals surface area contributed by atoms with Gasteiger partial charge in [-0.15, -0.1) is 0 Å². The summed E-state index contributed by atoms with van der Waals surface area (Å²) < 4.78 is 0. The lowest BCUT2D eigenvalue weighted by Gasteiger charge is -2.04. The van der Waals surface area contributed by atoms with E-state index in [0.717, 1.165) is 31.7 Å². The average molecular weight is 232 g/mol. The lowest BCUT2D eigenvalue weighted by Crippen LogP contribution is -2.12. The Morgan fingerprint density at radius 3 is 2.88 bits per heavy atom. The van der Waals surface area contributed by atoms with E-state index in [4.69, 9.17) is 4.84 Å². The Hall–Kier alpha value is -1.35. The number of rotatable bonds is 5. The molecule has 1 aliphatic heterocycles. The van der Waals surface area contributed by atoms with Crippen molar-refractivity contribution < 1.29 is 4.84 Å². The highest BCUT2D eigenvalue weighted by molar-refractivity contribution is 5.79. The molecule has 3 heteroatoms. The van der Waals surface area contributed by atoms with Crippen molar-refractivity contribution >= 4 is 6.21 Å². The van der Waals surface area contributed by atoms with Gasteiger partial charge in [0.1, 0.15) is 6.61 Å². The maximum atomic E-state index is 5.31. The van der Waals surface area contributed by atoms with E-state index in [1.54, 1.807) is 6.21 Å². The number of hydrogen-bond acceptors (Lipinski definition) is 3. The van der Waals surface area contributed by atoms with Gasteiger partial charge in [0, 0.05) is 12.5 Å². The van der Waals surface area contributed by atoms with Crippen LogP contribution in [-0.4, -0.2) is 25.9 Å². The number of nitrogens with one attached hydrogen (secondary N) is 1. The van der Waals surface area contributed by atoms with Crippen molar-refractivity contribution in [3.05, 3.63) is 35.4 Å². The molecule has 0 saturated carbocycles.